The average Bonchev–Trinajstić information content (AvgIpc) is 2.71. The zero-order valence-corrected chi connectivity index (χ0v) is 16.7. The number of hydrogen-bond donors (Lipinski definition) is 3. The van der Waals surface area contributed by atoms with E-state index in [0.29, 0.717) is 22.1 Å². The Labute approximate surface area is 176 Å². The van der Waals surface area contributed by atoms with Gasteiger partial charge in [-0.3, -0.25) is 9.63 Å². The number of benzene rings is 2. The number of urea groups is 1. The van der Waals surface area contributed by atoms with Crippen LogP contribution in [0.4, 0.5) is 16.2 Å². The van der Waals surface area contributed by atoms with E-state index in [2.05, 4.69) is 35.9 Å². The topological polar surface area (TPSA) is 127 Å². The maximum absolute atomic E-state index is 12.2. The molecule has 3 rings (SSSR count). The molecule has 3 aromatic rings. The predicted molar refractivity (Wildman–Crippen MR) is 110 cm³/mol. The van der Waals surface area contributed by atoms with E-state index in [-0.39, 0.29) is 11.8 Å². The molecule has 0 aliphatic carbocycles. The van der Waals surface area contributed by atoms with Crippen molar-refractivity contribution in [2.24, 2.45) is 0 Å². The van der Waals surface area contributed by atoms with Gasteiger partial charge in [-0.15, -0.1) is 0 Å². The minimum Gasteiger partial charge on any atom is -0.424 e. The van der Waals surface area contributed by atoms with Gasteiger partial charge in [0.15, 0.2) is 0 Å². The molecule has 0 radical (unpaired) electrons. The number of aryl methyl sites for hydroxylation is 1. The van der Waals surface area contributed by atoms with Crippen molar-refractivity contribution < 1.29 is 19.2 Å². The summed E-state index contributed by atoms with van der Waals surface area (Å²) in [4.78, 5) is 40.0. The van der Waals surface area contributed by atoms with Crippen LogP contribution in [0.25, 0.3) is 0 Å². The van der Waals surface area contributed by atoms with Gasteiger partial charge in [-0.1, -0.05) is 17.7 Å². The Morgan fingerprint density at radius 2 is 1.80 bits per heavy atom. The van der Waals surface area contributed by atoms with E-state index in [1.807, 2.05) is 6.92 Å². The van der Waals surface area contributed by atoms with Crippen molar-refractivity contribution in [3.05, 3.63) is 65.2 Å². The molecule has 1 heterocycles. The predicted octanol–water partition coefficient (Wildman–Crippen LogP) is 3.56. The van der Waals surface area contributed by atoms with Crippen LogP contribution in [-0.2, 0) is 4.84 Å². The average molecular weight is 429 g/mol. The van der Waals surface area contributed by atoms with Gasteiger partial charge in [0, 0.05) is 22.5 Å². The monoisotopic (exact) mass is 428 g/mol. The number of ether oxygens (including phenoxy) is 1. The molecule has 10 nitrogen and oxygen atoms in total. The second-order valence-corrected chi connectivity index (χ2v) is 6.31. The van der Waals surface area contributed by atoms with Crippen LogP contribution in [-0.4, -0.2) is 34.0 Å². The maximum Gasteiger partial charge on any atom is 0.325 e. The summed E-state index contributed by atoms with van der Waals surface area (Å²) in [5.74, 6) is -0.470. The molecule has 0 fully saturated rings. The largest absolute Gasteiger partial charge is 0.424 e. The van der Waals surface area contributed by atoms with Gasteiger partial charge in [-0.25, -0.2) is 15.3 Å². The molecule has 1 aromatic heterocycles. The molecule has 0 aliphatic rings. The first-order chi connectivity index (χ1) is 14.4. The lowest BCUT2D eigenvalue weighted by Crippen LogP contribution is -2.24. The van der Waals surface area contributed by atoms with Gasteiger partial charge in [-0.2, -0.15) is 9.97 Å². The Morgan fingerprint density at radius 3 is 2.53 bits per heavy atom. The van der Waals surface area contributed by atoms with Gasteiger partial charge in [-0.05, 0) is 42.8 Å². The number of halogens is 1. The number of carbonyl (C=O) groups is 2. The Hall–Kier alpha value is -3.76. The Kier molecular flexibility index (Phi) is 6.73. The number of hydrogen-bond acceptors (Lipinski definition) is 7. The SMILES string of the molecule is CONC(=O)c1ncnc(Oc2cccc(NC(=O)Nc3ccc(Cl)c(C)c3)c2)n1. The highest BCUT2D eigenvalue weighted by molar-refractivity contribution is 6.31. The van der Waals surface area contributed by atoms with Crippen LogP contribution in [0, 0.1) is 6.92 Å². The summed E-state index contributed by atoms with van der Waals surface area (Å²) in [6.45, 7) is 1.84. The van der Waals surface area contributed by atoms with Gasteiger partial charge >= 0.3 is 17.9 Å². The molecule has 30 heavy (non-hydrogen) atoms. The first-order valence-corrected chi connectivity index (χ1v) is 8.97. The summed E-state index contributed by atoms with van der Waals surface area (Å²) in [5, 5.41) is 6.04. The number of aromatic nitrogens is 3. The minimum atomic E-state index is -0.644. The number of hydroxylamine groups is 1. The van der Waals surface area contributed by atoms with Crippen molar-refractivity contribution in [1.82, 2.24) is 20.4 Å². The molecule has 0 aliphatic heterocycles. The van der Waals surface area contributed by atoms with Gasteiger partial charge < -0.3 is 15.4 Å². The molecule has 0 saturated heterocycles. The number of rotatable bonds is 6. The van der Waals surface area contributed by atoms with E-state index in [9.17, 15) is 9.59 Å². The molecule has 0 unspecified atom stereocenters. The highest BCUT2D eigenvalue weighted by Crippen LogP contribution is 2.22. The highest BCUT2D eigenvalue weighted by atomic mass is 35.5. The Bertz CT molecular complexity index is 1080. The normalized spacial score (nSPS) is 10.2. The van der Waals surface area contributed by atoms with Crippen molar-refractivity contribution in [3.8, 4) is 11.8 Å². The molecule has 3 N–H and O–H groups in total. The fourth-order valence-corrected chi connectivity index (χ4v) is 2.45. The van der Waals surface area contributed by atoms with Gasteiger partial charge in [0.25, 0.3) is 0 Å². The van der Waals surface area contributed by atoms with E-state index in [1.54, 1.807) is 42.5 Å². The Balaban J connectivity index is 1.66. The van der Waals surface area contributed by atoms with E-state index in [4.69, 9.17) is 16.3 Å². The van der Waals surface area contributed by atoms with Crippen LogP contribution in [0.1, 0.15) is 16.2 Å². The molecular weight excluding hydrogens is 412 g/mol. The van der Waals surface area contributed by atoms with Crippen LogP contribution in [0.3, 0.4) is 0 Å². The van der Waals surface area contributed by atoms with Gasteiger partial charge in [0.1, 0.15) is 12.1 Å². The smallest absolute Gasteiger partial charge is 0.325 e. The van der Waals surface area contributed by atoms with Crippen molar-refractivity contribution in [2.45, 2.75) is 6.92 Å². The molecule has 0 atom stereocenters. The fourth-order valence-electron chi connectivity index (χ4n) is 2.34. The second-order valence-electron chi connectivity index (χ2n) is 5.90. The van der Waals surface area contributed by atoms with Gasteiger partial charge in [0.05, 0.1) is 7.11 Å². The third-order valence-electron chi connectivity index (χ3n) is 3.66. The van der Waals surface area contributed by atoms with E-state index < -0.39 is 11.9 Å². The zero-order chi connectivity index (χ0) is 21.5. The molecule has 0 saturated carbocycles. The van der Waals surface area contributed by atoms with Gasteiger partial charge in [0.2, 0.25) is 5.82 Å². The molecule has 154 valence electrons. The van der Waals surface area contributed by atoms with E-state index in [0.717, 1.165) is 11.9 Å². The minimum absolute atomic E-state index is 0.0931. The standard InChI is InChI=1S/C19H17ClN6O4/c1-11-8-13(6-7-15(11)20)24-18(28)23-12-4-3-5-14(9-12)30-19-22-10-21-16(25-19)17(27)26-29-2/h3-10H,1-2H3,(H,26,27)(H2,23,24,28). The lowest BCUT2D eigenvalue weighted by Gasteiger charge is -2.10. The van der Waals surface area contributed by atoms with Crippen molar-refractivity contribution >= 4 is 34.9 Å². The number of anilines is 2. The highest BCUT2D eigenvalue weighted by Gasteiger charge is 2.12. The second kappa shape index (κ2) is 9.63. The van der Waals surface area contributed by atoms with Crippen molar-refractivity contribution in [2.75, 3.05) is 17.7 Å². The Morgan fingerprint density at radius 1 is 1.03 bits per heavy atom. The lowest BCUT2D eigenvalue weighted by molar-refractivity contribution is 0.0525. The molecule has 3 amide bonds. The third-order valence-corrected chi connectivity index (χ3v) is 4.09. The van der Waals surface area contributed by atoms with Crippen LogP contribution < -0.4 is 20.9 Å². The number of carbonyl (C=O) groups excluding carboxylic acids is 2. The fraction of sp³-hybridized carbons (Fsp3) is 0.105. The van der Waals surface area contributed by atoms with Crippen molar-refractivity contribution in [3.63, 3.8) is 0 Å². The first kappa shape index (κ1) is 21.0. The summed E-state index contributed by atoms with van der Waals surface area (Å²) in [7, 11) is 1.29. The molecule has 0 spiro atoms. The van der Waals surface area contributed by atoms with Crippen LogP contribution in [0.5, 0.6) is 11.8 Å². The molecule has 11 heteroatoms. The van der Waals surface area contributed by atoms with Crippen LogP contribution in [0.2, 0.25) is 5.02 Å². The van der Waals surface area contributed by atoms with Crippen LogP contribution >= 0.6 is 11.6 Å². The third kappa shape index (κ3) is 5.63. The summed E-state index contributed by atoms with van der Waals surface area (Å²) in [6, 6.07) is 11.2. The maximum atomic E-state index is 12.2. The van der Waals surface area contributed by atoms with Crippen LogP contribution in [0.15, 0.2) is 48.8 Å². The zero-order valence-electron chi connectivity index (χ0n) is 16.0. The first-order valence-electron chi connectivity index (χ1n) is 8.59. The molecular formula is C19H17ClN6O4. The summed E-state index contributed by atoms with van der Waals surface area (Å²) in [5.41, 5.74) is 4.03. The summed E-state index contributed by atoms with van der Waals surface area (Å²) < 4.78 is 5.55. The summed E-state index contributed by atoms with van der Waals surface area (Å²) in [6.07, 6.45) is 1.14. The molecule has 2 aromatic carbocycles. The number of nitrogens with one attached hydrogen (secondary N) is 3. The quantitative estimate of drug-likeness (QED) is 0.512. The number of nitrogens with zero attached hydrogens (tertiary/aromatic N) is 3. The lowest BCUT2D eigenvalue weighted by atomic mass is 10.2. The van der Waals surface area contributed by atoms with E-state index in [1.165, 1.54) is 7.11 Å². The van der Waals surface area contributed by atoms with E-state index >= 15 is 0 Å². The molecule has 0 bridgehead atoms. The van der Waals surface area contributed by atoms with Crippen molar-refractivity contribution in [1.29, 1.82) is 0 Å². The number of amides is 3. The summed E-state index contributed by atoms with van der Waals surface area (Å²) >= 11 is 5.99.